The molecule has 0 aliphatic carbocycles. The van der Waals surface area contributed by atoms with Crippen LogP contribution in [0.2, 0.25) is 0 Å². The second kappa shape index (κ2) is 7.32. The molecule has 3 heterocycles. The molecule has 140 valence electrons. The van der Waals surface area contributed by atoms with Crippen LogP contribution in [0, 0.1) is 12.8 Å². The van der Waals surface area contributed by atoms with E-state index in [4.69, 9.17) is 4.74 Å². The van der Waals surface area contributed by atoms with Crippen molar-refractivity contribution in [3.8, 4) is 0 Å². The fourth-order valence-corrected chi connectivity index (χ4v) is 3.34. The smallest absolute Gasteiger partial charge is 0.261 e. The molecule has 8 nitrogen and oxygen atoms in total. The van der Waals surface area contributed by atoms with Gasteiger partial charge >= 0.3 is 0 Å². The zero-order valence-corrected chi connectivity index (χ0v) is 15.1. The van der Waals surface area contributed by atoms with Crippen LogP contribution >= 0.6 is 0 Å². The van der Waals surface area contributed by atoms with Crippen molar-refractivity contribution < 1.29 is 9.53 Å². The molecule has 0 saturated carbocycles. The Bertz CT molecular complexity index is 1030. The molecule has 1 aromatic carbocycles. The van der Waals surface area contributed by atoms with E-state index in [0.717, 1.165) is 18.6 Å². The van der Waals surface area contributed by atoms with Crippen LogP contribution in [0.3, 0.4) is 0 Å². The van der Waals surface area contributed by atoms with Crippen LogP contribution < -0.4 is 10.9 Å². The molecule has 1 amide bonds. The Hall–Kier alpha value is -3.00. The molecule has 0 radical (unpaired) electrons. The summed E-state index contributed by atoms with van der Waals surface area (Å²) in [7, 11) is 0. The number of hydrogen-bond donors (Lipinski definition) is 1. The SMILES string of the molecule is Cc1cccc2c(=O)n(CC(=O)Nc3ccnn3CC3CCOC3)cnc12. The highest BCUT2D eigenvalue weighted by Gasteiger charge is 2.18. The van der Waals surface area contributed by atoms with Crippen molar-refractivity contribution in [1.82, 2.24) is 19.3 Å². The number of aryl methyl sites for hydroxylation is 1. The van der Waals surface area contributed by atoms with Gasteiger partial charge in [-0.1, -0.05) is 12.1 Å². The monoisotopic (exact) mass is 367 g/mol. The molecule has 27 heavy (non-hydrogen) atoms. The van der Waals surface area contributed by atoms with Gasteiger partial charge in [-0.2, -0.15) is 5.10 Å². The third-order valence-corrected chi connectivity index (χ3v) is 4.81. The number of nitrogens with zero attached hydrogens (tertiary/aromatic N) is 4. The number of fused-ring (bicyclic) bond motifs is 1. The fourth-order valence-electron chi connectivity index (χ4n) is 3.34. The number of nitrogens with one attached hydrogen (secondary N) is 1. The van der Waals surface area contributed by atoms with E-state index in [1.54, 1.807) is 23.0 Å². The van der Waals surface area contributed by atoms with Crippen LogP contribution in [0.25, 0.3) is 10.9 Å². The molecule has 1 atom stereocenters. The first-order valence-corrected chi connectivity index (χ1v) is 8.96. The number of aromatic nitrogens is 4. The van der Waals surface area contributed by atoms with Crippen LogP contribution in [0.15, 0.2) is 41.6 Å². The van der Waals surface area contributed by atoms with E-state index < -0.39 is 0 Å². The van der Waals surface area contributed by atoms with Gasteiger partial charge in [-0.05, 0) is 25.0 Å². The van der Waals surface area contributed by atoms with Crippen molar-refractivity contribution in [1.29, 1.82) is 0 Å². The zero-order chi connectivity index (χ0) is 18.8. The van der Waals surface area contributed by atoms with E-state index in [1.165, 1.54) is 10.9 Å². The largest absolute Gasteiger partial charge is 0.381 e. The minimum atomic E-state index is -0.296. The highest BCUT2D eigenvalue weighted by Crippen LogP contribution is 2.17. The molecule has 1 N–H and O–H groups in total. The number of anilines is 1. The van der Waals surface area contributed by atoms with E-state index in [9.17, 15) is 9.59 Å². The number of amides is 1. The predicted octanol–water partition coefficient (Wildman–Crippen LogP) is 1.58. The molecule has 3 aromatic rings. The van der Waals surface area contributed by atoms with Crippen molar-refractivity contribution in [3.05, 3.63) is 52.7 Å². The molecular weight excluding hydrogens is 346 g/mol. The van der Waals surface area contributed by atoms with E-state index in [-0.39, 0.29) is 18.0 Å². The standard InChI is InChI=1S/C19H21N5O3/c1-13-3-2-4-15-18(13)20-12-23(19(15)26)10-17(25)22-16-5-7-21-24(16)9-14-6-8-27-11-14/h2-5,7,12,14H,6,8-11H2,1H3,(H,22,25). The molecule has 1 aliphatic rings. The van der Waals surface area contributed by atoms with E-state index in [0.29, 0.717) is 35.8 Å². The first kappa shape index (κ1) is 17.4. The van der Waals surface area contributed by atoms with Crippen molar-refractivity contribution in [2.75, 3.05) is 18.5 Å². The number of carbonyl (C=O) groups excluding carboxylic acids is 1. The van der Waals surface area contributed by atoms with Crippen molar-refractivity contribution in [2.45, 2.75) is 26.4 Å². The zero-order valence-electron chi connectivity index (χ0n) is 15.1. The predicted molar refractivity (Wildman–Crippen MR) is 101 cm³/mol. The number of benzene rings is 1. The Morgan fingerprint density at radius 3 is 3.07 bits per heavy atom. The topological polar surface area (TPSA) is 91.0 Å². The van der Waals surface area contributed by atoms with E-state index >= 15 is 0 Å². The van der Waals surface area contributed by atoms with Crippen LogP contribution in [0.4, 0.5) is 5.82 Å². The first-order valence-electron chi connectivity index (χ1n) is 8.96. The summed E-state index contributed by atoms with van der Waals surface area (Å²) in [5, 5.41) is 7.62. The third kappa shape index (κ3) is 3.61. The lowest BCUT2D eigenvalue weighted by atomic mass is 10.1. The van der Waals surface area contributed by atoms with Gasteiger partial charge in [0.25, 0.3) is 5.56 Å². The molecule has 4 rings (SSSR count). The minimum Gasteiger partial charge on any atom is -0.381 e. The Kier molecular flexibility index (Phi) is 4.72. The number of hydrogen-bond acceptors (Lipinski definition) is 5. The van der Waals surface area contributed by atoms with Gasteiger partial charge in [-0.15, -0.1) is 0 Å². The maximum atomic E-state index is 12.6. The molecule has 1 saturated heterocycles. The molecular formula is C19H21N5O3. The molecule has 1 unspecified atom stereocenters. The molecule has 8 heteroatoms. The number of para-hydroxylation sites is 1. The second-order valence-corrected chi connectivity index (χ2v) is 6.83. The molecule has 0 bridgehead atoms. The average molecular weight is 367 g/mol. The molecule has 2 aromatic heterocycles. The number of rotatable bonds is 5. The van der Waals surface area contributed by atoms with Crippen LogP contribution in [0.1, 0.15) is 12.0 Å². The lowest BCUT2D eigenvalue weighted by Crippen LogP contribution is -2.29. The maximum absolute atomic E-state index is 12.6. The Balaban J connectivity index is 1.49. The van der Waals surface area contributed by atoms with Gasteiger partial charge in [0.15, 0.2) is 0 Å². The van der Waals surface area contributed by atoms with Gasteiger partial charge in [0.05, 0.1) is 30.0 Å². The van der Waals surface area contributed by atoms with E-state index in [1.807, 2.05) is 19.1 Å². The number of carbonyl (C=O) groups is 1. The summed E-state index contributed by atoms with van der Waals surface area (Å²) in [5.74, 6) is 0.718. The van der Waals surface area contributed by atoms with Gasteiger partial charge < -0.3 is 10.1 Å². The second-order valence-electron chi connectivity index (χ2n) is 6.83. The van der Waals surface area contributed by atoms with Gasteiger partial charge in [0.1, 0.15) is 12.4 Å². The van der Waals surface area contributed by atoms with Crippen LogP contribution in [-0.2, 0) is 22.6 Å². The summed E-state index contributed by atoms with van der Waals surface area (Å²) in [4.78, 5) is 29.4. The fraction of sp³-hybridized carbons (Fsp3) is 0.368. The summed E-state index contributed by atoms with van der Waals surface area (Å²) >= 11 is 0. The van der Waals surface area contributed by atoms with Gasteiger partial charge in [0, 0.05) is 25.1 Å². The van der Waals surface area contributed by atoms with Gasteiger partial charge in [-0.3, -0.25) is 14.2 Å². The van der Waals surface area contributed by atoms with Crippen molar-refractivity contribution >= 4 is 22.6 Å². The van der Waals surface area contributed by atoms with Crippen molar-refractivity contribution in [3.63, 3.8) is 0 Å². The first-order chi connectivity index (χ1) is 13.1. The number of ether oxygens (including phenoxy) is 1. The average Bonchev–Trinajstić information content (AvgIpc) is 3.31. The summed E-state index contributed by atoms with van der Waals surface area (Å²) in [5.41, 5.74) is 1.37. The molecule has 0 spiro atoms. The summed E-state index contributed by atoms with van der Waals surface area (Å²) < 4.78 is 8.48. The summed E-state index contributed by atoms with van der Waals surface area (Å²) in [6.07, 6.45) is 4.06. The van der Waals surface area contributed by atoms with Gasteiger partial charge in [0.2, 0.25) is 5.91 Å². The Labute approximate surface area is 155 Å². The summed E-state index contributed by atoms with van der Waals surface area (Å²) in [6.45, 7) is 3.98. The van der Waals surface area contributed by atoms with Gasteiger partial charge in [-0.25, -0.2) is 9.67 Å². The maximum Gasteiger partial charge on any atom is 0.261 e. The van der Waals surface area contributed by atoms with Crippen LogP contribution in [-0.4, -0.2) is 38.5 Å². The highest BCUT2D eigenvalue weighted by molar-refractivity contribution is 5.90. The third-order valence-electron chi connectivity index (χ3n) is 4.81. The normalized spacial score (nSPS) is 16.7. The lowest BCUT2D eigenvalue weighted by Gasteiger charge is -2.13. The minimum absolute atomic E-state index is 0.104. The Morgan fingerprint density at radius 1 is 1.37 bits per heavy atom. The van der Waals surface area contributed by atoms with E-state index in [2.05, 4.69) is 15.4 Å². The summed E-state index contributed by atoms with van der Waals surface area (Å²) in [6, 6.07) is 7.20. The lowest BCUT2D eigenvalue weighted by molar-refractivity contribution is -0.116. The molecule has 1 aliphatic heterocycles. The van der Waals surface area contributed by atoms with Crippen molar-refractivity contribution in [2.24, 2.45) is 5.92 Å². The quantitative estimate of drug-likeness (QED) is 0.739. The Morgan fingerprint density at radius 2 is 2.26 bits per heavy atom. The highest BCUT2D eigenvalue weighted by atomic mass is 16.5. The molecule has 1 fully saturated rings. The van der Waals surface area contributed by atoms with Crippen LogP contribution in [0.5, 0.6) is 0 Å².